The van der Waals surface area contributed by atoms with E-state index in [-0.39, 0.29) is 6.03 Å². The first kappa shape index (κ1) is 14.3. The highest BCUT2D eigenvalue weighted by Gasteiger charge is 2.08. The molecule has 20 heavy (non-hydrogen) atoms. The summed E-state index contributed by atoms with van der Waals surface area (Å²) >= 11 is 0. The number of anilines is 1. The van der Waals surface area contributed by atoms with E-state index < -0.39 is 0 Å². The third-order valence-electron chi connectivity index (χ3n) is 3.15. The third-order valence-corrected chi connectivity index (χ3v) is 3.15. The monoisotopic (exact) mass is 276 g/mol. The molecule has 108 valence electrons. The Bertz CT molecular complexity index is 563. The van der Waals surface area contributed by atoms with E-state index in [9.17, 15) is 4.79 Å². The quantitative estimate of drug-likeness (QED) is 0.831. The molecule has 0 aliphatic carbocycles. The zero-order valence-corrected chi connectivity index (χ0v) is 11.8. The fourth-order valence-corrected chi connectivity index (χ4v) is 1.94. The van der Waals surface area contributed by atoms with E-state index >= 15 is 0 Å². The molecule has 7 nitrogen and oxygen atoms in total. The Morgan fingerprint density at radius 2 is 2.10 bits per heavy atom. The smallest absolute Gasteiger partial charge is 0.321 e. The molecule has 0 aliphatic rings. The molecule has 0 spiro atoms. The Kier molecular flexibility index (Phi) is 4.89. The number of carbonyl (C=O) groups excluding carboxylic acids is 1. The average molecular weight is 276 g/mol. The van der Waals surface area contributed by atoms with Crippen LogP contribution in [0.2, 0.25) is 0 Å². The van der Waals surface area contributed by atoms with Crippen molar-refractivity contribution in [2.24, 2.45) is 0 Å². The summed E-state index contributed by atoms with van der Waals surface area (Å²) < 4.78 is 1.73. The maximum atomic E-state index is 11.8. The molecule has 7 heteroatoms. The average Bonchev–Trinajstić information content (AvgIpc) is 2.87. The van der Waals surface area contributed by atoms with Gasteiger partial charge in [-0.2, -0.15) is 0 Å². The lowest BCUT2D eigenvalue weighted by Gasteiger charge is -2.17. The second-order valence-electron chi connectivity index (χ2n) is 4.36. The summed E-state index contributed by atoms with van der Waals surface area (Å²) in [7, 11) is 0. The van der Waals surface area contributed by atoms with Gasteiger partial charge in [0.15, 0.2) is 5.65 Å². The van der Waals surface area contributed by atoms with E-state index in [1.165, 1.54) is 0 Å². The van der Waals surface area contributed by atoms with Crippen molar-refractivity contribution in [2.45, 2.75) is 13.8 Å². The highest BCUT2D eigenvalue weighted by atomic mass is 16.2. The number of aromatic nitrogens is 3. The van der Waals surface area contributed by atoms with Crippen molar-refractivity contribution in [1.82, 2.24) is 24.8 Å². The fraction of sp³-hybridized carbons (Fsp3) is 0.462. The minimum atomic E-state index is -0.268. The molecule has 2 heterocycles. The number of hydrogen-bond donors (Lipinski definition) is 2. The predicted molar refractivity (Wildman–Crippen MR) is 77.8 cm³/mol. The zero-order chi connectivity index (χ0) is 14.4. The number of amides is 2. The SMILES string of the molecule is CCN(CC)CCNC(=O)Nc1nnc2ccccn12. The van der Waals surface area contributed by atoms with Crippen LogP contribution >= 0.6 is 0 Å². The highest BCUT2D eigenvalue weighted by Crippen LogP contribution is 2.06. The molecule has 0 saturated heterocycles. The van der Waals surface area contributed by atoms with Crippen LogP contribution < -0.4 is 10.6 Å². The number of fused-ring (bicyclic) bond motifs is 1. The molecule has 2 aromatic heterocycles. The molecule has 2 amide bonds. The van der Waals surface area contributed by atoms with Gasteiger partial charge >= 0.3 is 6.03 Å². The summed E-state index contributed by atoms with van der Waals surface area (Å²) in [5.74, 6) is 0.418. The van der Waals surface area contributed by atoms with E-state index in [1.54, 1.807) is 10.6 Å². The molecule has 0 aliphatic heterocycles. The number of rotatable bonds is 6. The van der Waals surface area contributed by atoms with Crippen LogP contribution in [0.25, 0.3) is 5.65 Å². The Morgan fingerprint density at radius 1 is 1.30 bits per heavy atom. The lowest BCUT2D eigenvalue weighted by molar-refractivity contribution is 0.247. The maximum absolute atomic E-state index is 11.8. The summed E-state index contributed by atoms with van der Waals surface area (Å²) in [5, 5.41) is 13.4. The van der Waals surface area contributed by atoms with E-state index in [0.717, 1.165) is 19.6 Å². The third kappa shape index (κ3) is 3.45. The van der Waals surface area contributed by atoms with Crippen LogP contribution in [0.1, 0.15) is 13.8 Å². The Labute approximate surface area is 118 Å². The molecule has 2 aromatic rings. The highest BCUT2D eigenvalue weighted by molar-refractivity contribution is 5.87. The van der Waals surface area contributed by atoms with E-state index in [4.69, 9.17) is 0 Å². The van der Waals surface area contributed by atoms with Crippen molar-refractivity contribution in [3.05, 3.63) is 24.4 Å². The maximum Gasteiger partial charge on any atom is 0.321 e. The molecule has 0 unspecified atom stereocenters. The molecule has 0 aromatic carbocycles. The van der Waals surface area contributed by atoms with Crippen LogP contribution in [-0.4, -0.2) is 51.7 Å². The van der Waals surface area contributed by atoms with Gasteiger partial charge in [-0.1, -0.05) is 19.9 Å². The van der Waals surface area contributed by atoms with Crippen LogP contribution in [-0.2, 0) is 0 Å². The first-order valence-electron chi connectivity index (χ1n) is 6.81. The van der Waals surface area contributed by atoms with Crippen molar-refractivity contribution >= 4 is 17.6 Å². The number of urea groups is 1. The van der Waals surface area contributed by atoms with Gasteiger partial charge in [0.05, 0.1) is 0 Å². The van der Waals surface area contributed by atoms with E-state index in [1.807, 2.05) is 18.2 Å². The number of nitrogens with one attached hydrogen (secondary N) is 2. The van der Waals surface area contributed by atoms with E-state index in [0.29, 0.717) is 18.1 Å². The van der Waals surface area contributed by atoms with Gasteiger partial charge in [0.2, 0.25) is 5.95 Å². The minimum Gasteiger partial charge on any atom is -0.337 e. The van der Waals surface area contributed by atoms with Gasteiger partial charge in [-0.05, 0) is 25.2 Å². The van der Waals surface area contributed by atoms with Crippen LogP contribution in [0.3, 0.4) is 0 Å². The van der Waals surface area contributed by atoms with Crippen LogP contribution in [0.5, 0.6) is 0 Å². The van der Waals surface area contributed by atoms with Crippen molar-refractivity contribution in [2.75, 3.05) is 31.5 Å². The first-order chi connectivity index (χ1) is 9.74. The number of hydrogen-bond acceptors (Lipinski definition) is 4. The van der Waals surface area contributed by atoms with Gasteiger partial charge in [0, 0.05) is 19.3 Å². The molecule has 2 N–H and O–H groups in total. The molecule has 0 fully saturated rings. The zero-order valence-electron chi connectivity index (χ0n) is 11.8. The fourth-order valence-electron chi connectivity index (χ4n) is 1.94. The summed E-state index contributed by atoms with van der Waals surface area (Å²) in [4.78, 5) is 14.0. The van der Waals surface area contributed by atoms with Crippen LogP contribution in [0, 0.1) is 0 Å². The summed E-state index contributed by atoms with van der Waals surface area (Å²) in [6.45, 7) is 7.60. The standard InChI is InChI=1S/C13H20N6O/c1-3-18(4-2)10-8-14-13(20)15-12-17-16-11-7-5-6-9-19(11)12/h5-7,9H,3-4,8,10H2,1-2H3,(H2,14,15,17,20). The van der Waals surface area contributed by atoms with Gasteiger partial charge in [-0.15, -0.1) is 10.2 Å². The van der Waals surface area contributed by atoms with Crippen molar-refractivity contribution < 1.29 is 4.79 Å². The number of likely N-dealkylation sites (N-methyl/N-ethyl adjacent to an activating group) is 1. The minimum absolute atomic E-state index is 0.268. The summed E-state index contributed by atoms with van der Waals surface area (Å²) in [5.41, 5.74) is 0.700. The molecular weight excluding hydrogens is 256 g/mol. The van der Waals surface area contributed by atoms with Gasteiger partial charge in [0.25, 0.3) is 0 Å². The van der Waals surface area contributed by atoms with Crippen molar-refractivity contribution in [1.29, 1.82) is 0 Å². The molecule has 0 saturated carbocycles. The second kappa shape index (κ2) is 6.85. The largest absolute Gasteiger partial charge is 0.337 e. The summed E-state index contributed by atoms with van der Waals surface area (Å²) in [6, 6.07) is 5.30. The Hall–Kier alpha value is -2.15. The summed E-state index contributed by atoms with van der Waals surface area (Å²) in [6.07, 6.45) is 1.81. The van der Waals surface area contributed by atoms with Crippen molar-refractivity contribution in [3.8, 4) is 0 Å². The van der Waals surface area contributed by atoms with Gasteiger partial charge in [0.1, 0.15) is 0 Å². The van der Waals surface area contributed by atoms with Crippen LogP contribution in [0.4, 0.5) is 10.7 Å². The Balaban J connectivity index is 1.85. The lowest BCUT2D eigenvalue weighted by Crippen LogP contribution is -2.37. The normalized spacial score (nSPS) is 10.9. The van der Waals surface area contributed by atoms with E-state index in [2.05, 4.69) is 39.6 Å². The topological polar surface area (TPSA) is 74.6 Å². The molecule has 0 radical (unpaired) electrons. The van der Waals surface area contributed by atoms with Crippen molar-refractivity contribution in [3.63, 3.8) is 0 Å². The molecule has 2 rings (SSSR count). The van der Waals surface area contributed by atoms with Gasteiger partial charge < -0.3 is 10.2 Å². The van der Waals surface area contributed by atoms with Gasteiger partial charge in [-0.3, -0.25) is 9.72 Å². The number of carbonyl (C=O) groups is 1. The molecular formula is C13H20N6O. The molecule has 0 bridgehead atoms. The van der Waals surface area contributed by atoms with Gasteiger partial charge in [-0.25, -0.2) is 4.79 Å². The lowest BCUT2D eigenvalue weighted by atomic mass is 10.4. The number of pyridine rings is 1. The second-order valence-corrected chi connectivity index (χ2v) is 4.36. The first-order valence-corrected chi connectivity index (χ1v) is 6.81. The number of nitrogens with zero attached hydrogens (tertiary/aromatic N) is 4. The Morgan fingerprint density at radius 3 is 2.85 bits per heavy atom. The van der Waals surface area contributed by atoms with Crippen LogP contribution in [0.15, 0.2) is 24.4 Å². The molecule has 0 atom stereocenters. The predicted octanol–water partition coefficient (Wildman–Crippen LogP) is 1.19.